The van der Waals surface area contributed by atoms with Crippen molar-refractivity contribution in [1.29, 1.82) is 5.41 Å². The SMILES string of the molecule is N=C(N[N+](=O)[O-])N1CCC(CC(O)(c2ccccc2)c2ccccc2)CC1. The van der Waals surface area contributed by atoms with E-state index in [1.165, 1.54) is 0 Å². The van der Waals surface area contributed by atoms with Gasteiger partial charge in [0.15, 0.2) is 5.03 Å². The van der Waals surface area contributed by atoms with E-state index in [1.807, 2.05) is 66.1 Å². The first-order valence-corrected chi connectivity index (χ1v) is 9.07. The summed E-state index contributed by atoms with van der Waals surface area (Å²) in [5.74, 6) is 0.0786. The molecule has 0 unspecified atom stereocenters. The molecule has 7 heteroatoms. The van der Waals surface area contributed by atoms with Crippen LogP contribution in [0, 0.1) is 21.4 Å². The quantitative estimate of drug-likeness (QED) is 0.326. The third-order valence-electron chi connectivity index (χ3n) is 5.21. The van der Waals surface area contributed by atoms with Gasteiger partial charge in [-0.1, -0.05) is 66.1 Å². The topological polar surface area (TPSA) is 102 Å². The van der Waals surface area contributed by atoms with E-state index in [1.54, 1.807) is 4.90 Å². The van der Waals surface area contributed by atoms with Gasteiger partial charge in [-0.25, -0.2) is 10.1 Å². The van der Waals surface area contributed by atoms with Crippen molar-refractivity contribution in [3.8, 4) is 0 Å². The summed E-state index contributed by atoms with van der Waals surface area (Å²) in [6.45, 7) is 1.12. The zero-order chi connectivity index (χ0) is 19.3. The summed E-state index contributed by atoms with van der Waals surface area (Å²) in [6.07, 6.45) is 2.11. The van der Waals surface area contributed by atoms with Gasteiger partial charge in [-0.15, -0.1) is 0 Å². The monoisotopic (exact) mass is 368 g/mol. The normalized spacial score (nSPS) is 15.4. The fourth-order valence-electron chi connectivity index (χ4n) is 3.77. The molecule has 0 amide bonds. The number of hydrazine groups is 1. The summed E-state index contributed by atoms with van der Waals surface area (Å²) in [6, 6.07) is 19.3. The summed E-state index contributed by atoms with van der Waals surface area (Å²) in [5, 5.41) is 29.2. The Hall–Kier alpha value is -2.93. The molecule has 1 heterocycles. The number of piperidine rings is 1. The molecule has 1 saturated heterocycles. The average Bonchev–Trinajstić information content (AvgIpc) is 2.69. The molecule has 1 fully saturated rings. The Morgan fingerprint density at radius 2 is 1.59 bits per heavy atom. The maximum Gasteiger partial charge on any atom is 0.254 e. The molecular formula is C20H24N4O3. The molecule has 3 rings (SSSR count). The lowest BCUT2D eigenvalue weighted by Crippen LogP contribution is -2.47. The number of hydrogen-bond acceptors (Lipinski definition) is 4. The van der Waals surface area contributed by atoms with Gasteiger partial charge in [-0.05, 0) is 36.3 Å². The van der Waals surface area contributed by atoms with E-state index >= 15 is 0 Å². The fourth-order valence-corrected chi connectivity index (χ4v) is 3.77. The molecule has 0 saturated carbocycles. The van der Waals surface area contributed by atoms with Gasteiger partial charge in [0.25, 0.3) is 5.96 Å². The van der Waals surface area contributed by atoms with Crippen LogP contribution in [0.4, 0.5) is 0 Å². The van der Waals surface area contributed by atoms with Crippen LogP contribution in [0.2, 0.25) is 0 Å². The third kappa shape index (κ3) is 4.43. The van der Waals surface area contributed by atoms with Crippen molar-refractivity contribution in [3.05, 3.63) is 81.9 Å². The molecule has 3 N–H and O–H groups in total. The second-order valence-corrected chi connectivity index (χ2v) is 6.94. The van der Waals surface area contributed by atoms with E-state index < -0.39 is 10.6 Å². The van der Waals surface area contributed by atoms with Crippen LogP contribution in [0.3, 0.4) is 0 Å². The Morgan fingerprint density at radius 1 is 1.11 bits per heavy atom. The second kappa shape index (κ2) is 8.18. The van der Waals surface area contributed by atoms with E-state index in [0.29, 0.717) is 19.5 Å². The number of benzene rings is 2. The minimum absolute atomic E-state index is 0.181. The highest BCUT2D eigenvalue weighted by molar-refractivity contribution is 5.75. The molecule has 27 heavy (non-hydrogen) atoms. The number of nitrogens with zero attached hydrogens (tertiary/aromatic N) is 2. The van der Waals surface area contributed by atoms with Crippen LogP contribution in [0.25, 0.3) is 0 Å². The largest absolute Gasteiger partial charge is 0.380 e. The molecule has 0 radical (unpaired) electrons. The van der Waals surface area contributed by atoms with Gasteiger partial charge in [-0.3, -0.25) is 5.41 Å². The lowest BCUT2D eigenvalue weighted by molar-refractivity contribution is -0.526. The van der Waals surface area contributed by atoms with Crippen LogP contribution < -0.4 is 5.43 Å². The first kappa shape index (κ1) is 18.8. The van der Waals surface area contributed by atoms with Crippen LogP contribution in [0.1, 0.15) is 30.4 Å². The van der Waals surface area contributed by atoms with Gasteiger partial charge < -0.3 is 10.0 Å². The van der Waals surface area contributed by atoms with Crippen molar-refractivity contribution in [2.45, 2.75) is 24.9 Å². The van der Waals surface area contributed by atoms with Gasteiger partial charge in [0.05, 0.1) is 0 Å². The standard InChI is InChI=1S/C20H24N4O3/c21-19(22-24(26)27)23-13-11-16(12-14-23)15-20(25,17-7-3-1-4-8-17)18-9-5-2-6-10-18/h1-10,16,25H,11-15H2,(H2,21,22). The number of hydrogen-bond donors (Lipinski definition) is 3. The molecule has 1 aliphatic rings. The Bertz CT molecular complexity index is 735. The van der Waals surface area contributed by atoms with Crippen molar-refractivity contribution in [3.63, 3.8) is 0 Å². The highest BCUT2D eigenvalue weighted by Crippen LogP contribution is 2.38. The Labute approximate surface area is 158 Å². The molecule has 1 aliphatic heterocycles. The number of nitrogens with one attached hydrogen (secondary N) is 2. The summed E-state index contributed by atoms with van der Waals surface area (Å²) in [5.41, 5.74) is 2.55. The van der Waals surface area contributed by atoms with Crippen LogP contribution in [0.5, 0.6) is 0 Å². The van der Waals surface area contributed by atoms with E-state index in [-0.39, 0.29) is 11.9 Å². The molecule has 142 valence electrons. The Kier molecular flexibility index (Phi) is 5.71. The number of likely N-dealkylation sites (tertiary alicyclic amines) is 1. The zero-order valence-corrected chi connectivity index (χ0v) is 15.0. The number of guanidine groups is 1. The van der Waals surface area contributed by atoms with Gasteiger partial charge >= 0.3 is 0 Å². The minimum atomic E-state index is -1.08. The molecule has 2 aromatic carbocycles. The maximum atomic E-state index is 11.6. The molecular weight excluding hydrogens is 344 g/mol. The maximum absolute atomic E-state index is 11.6. The zero-order valence-electron chi connectivity index (χ0n) is 15.0. The lowest BCUT2D eigenvalue weighted by Gasteiger charge is -2.37. The van der Waals surface area contributed by atoms with Crippen molar-refractivity contribution in [2.24, 2.45) is 5.92 Å². The highest BCUT2D eigenvalue weighted by Gasteiger charge is 2.35. The smallest absolute Gasteiger partial charge is 0.254 e. The van der Waals surface area contributed by atoms with E-state index in [4.69, 9.17) is 5.41 Å². The number of rotatable bonds is 5. The molecule has 7 nitrogen and oxygen atoms in total. The first-order chi connectivity index (χ1) is 13.0. The summed E-state index contributed by atoms with van der Waals surface area (Å²) in [4.78, 5) is 12.2. The fraction of sp³-hybridized carbons (Fsp3) is 0.350. The van der Waals surface area contributed by atoms with Crippen molar-refractivity contribution < 1.29 is 10.1 Å². The van der Waals surface area contributed by atoms with Gasteiger partial charge in [-0.2, -0.15) is 0 Å². The molecule has 0 spiro atoms. The first-order valence-electron chi connectivity index (χ1n) is 9.07. The van der Waals surface area contributed by atoms with Crippen molar-refractivity contribution >= 4 is 5.96 Å². The molecule has 0 bridgehead atoms. The molecule has 0 aromatic heterocycles. The van der Waals surface area contributed by atoms with Crippen LogP contribution >= 0.6 is 0 Å². The average molecular weight is 368 g/mol. The van der Waals surface area contributed by atoms with Crippen molar-refractivity contribution in [2.75, 3.05) is 13.1 Å². The summed E-state index contributed by atoms with van der Waals surface area (Å²) >= 11 is 0. The minimum Gasteiger partial charge on any atom is -0.380 e. The number of nitro groups is 1. The Morgan fingerprint density at radius 3 is 2.04 bits per heavy atom. The van der Waals surface area contributed by atoms with Gasteiger partial charge in [0, 0.05) is 13.1 Å². The number of aliphatic hydroxyl groups is 1. The predicted octanol–water partition coefficient (Wildman–Crippen LogP) is 2.74. The second-order valence-electron chi connectivity index (χ2n) is 6.94. The van der Waals surface area contributed by atoms with E-state index in [0.717, 1.165) is 24.0 Å². The molecule has 2 aromatic rings. The Balaban J connectivity index is 1.73. The molecule has 0 aliphatic carbocycles. The van der Waals surface area contributed by atoms with E-state index in [9.17, 15) is 15.2 Å². The lowest BCUT2D eigenvalue weighted by atomic mass is 9.76. The van der Waals surface area contributed by atoms with E-state index in [2.05, 4.69) is 0 Å². The van der Waals surface area contributed by atoms with Crippen LogP contribution in [-0.4, -0.2) is 34.1 Å². The van der Waals surface area contributed by atoms with Crippen molar-refractivity contribution in [1.82, 2.24) is 10.3 Å². The summed E-state index contributed by atoms with van der Waals surface area (Å²) in [7, 11) is 0. The van der Waals surface area contributed by atoms with Crippen LogP contribution in [0.15, 0.2) is 60.7 Å². The molecule has 0 atom stereocenters. The predicted molar refractivity (Wildman–Crippen MR) is 103 cm³/mol. The highest BCUT2D eigenvalue weighted by atomic mass is 16.7. The summed E-state index contributed by atoms with van der Waals surface area (Å²) < 4.78 is 0. The van der Waals surface area contributed by atoms with Gasteiger partial charge in [0.2, 0.25) is 0 Å². The third-order valence-corrected chi connectivity index (χ3v) is 5.21. The van der Waals surface area contributed by atoms with Gasteiger partial charge in [0.1, 0.15) is 5.60 Å². The van der Waals surface area contributed by atoms with Crippen LogP contribution in [-0.2, 0) is 5.60 Å².